The average Bonchev–Trinajstić information content (AvgIpc) is 3.06. The van der Waals surface area contributed by atoms with Crippen LogP contribution in [0.4, 0.5) is 0 Å². The number of aliphatic hydroxyl groups excluding tert-OH is 1. The van der Waals surface area contributed by atoms with Crippen molar-refractivity contribution in [3.63, 3.8) is 0 Å². The topological polar surface area (TPSA) is 32.3 Å². The first kappa shape index (κ1) is 13.7. The number of aliphatic hydroxyl groups is 1. The van der Waals surface area contributed by atoms with Crippen molar-refractivity contribution in [2.45, 2.75) is 32.4 Å². The van der Waals surface area contributed by atoms with Crippen LogP contribution in [0.25, 0.3) is 10.4 Å². The summed E-state index contributed by atoms with van der Waals surface area (Å²) in [5, 5.41) is 17.1. The van der Waals surface area contributed by atoms with Crippen molar-refractivity contribution < 1.29 is 5.11 Å². The fraction of sp³-hybridized carbons (Fsp3) is 0.429. The normalized spacial score (nSPS) is 14.6. The molecule has 0 saturated heterocycles. The van der Waals surface area contributed by atoms with Gasteiger partial charge in [-0.05, 0) is 36.2 Å². The lowest BCUT2D eigenvalue weighted by Gasteiger charge is -2.26. The highest BCUT2D eigenvalue weighted by atomic mass is 32.1. The van der Waals surface area contributed by atoms with Crippen LogP contribution in [0.1, 0.15) is 25.1 Å². The third-order valence-electron chi connectivity index (χ3n) is 3.28. The lowest BCUT2D eigenvalue weighted by Crippen LogP contribution is -2.44. The fourth-order valence-corrected chi connectivity index (χ4v) is 3.25. The molecule has 98 valence electrons. The van der Waals surface area contributed by atoms with E-state index in [0.717, 1.165) is 13.0 Å². The molecule has 0 aliphatic carbocycles. The minimum atomic E-state index is -0.174. The van der Waals surface area contributed by atoms with Gasteiger partial charge in [0.15, 0.2) is 0 Å². The highest BCUT2D eigenvalue weighted by Gasteiger charge is 2.19. The van der Waals surface area contributed by atoms with E-state index in [4.69, 9.17) is 0 Å². The molecule has 0 bridgehead atoms. The van der Waals surface area contributed by atoms with E-state index in [1.54, 1.807) is 22.7 Å². The molecular formula is C14H19NOS2. The number of hydrogen-bond donors (Lipinski definition) is 2. The summed E-state index contributed by atoms with van der Waals surface area (Å²) < 4.78 is 0. The second kappa shape index (κ2) is 5.97. The number of rotatable bonds is 6. The van der Waals surface area contributed by atoms with E-state index in [1.807, 2.05) is 0 Å². The third kappa shape index (κ3) is 3.20. The first-order chi connectivity index (χ1) is 8.67. The molecule has 4 heteroatoms. The van der Waals surface area contributed by atoms with Crippen LogP contribution in [-0.4, -0.2) is 17.3 Å². The molecule has 2 rings (SSSR count). The Labute approximate surface area is 116 Å². The van der Waals surface area contributed by atoms with Crippen LogP contribution in [0.2, 0.25) is 0 Å². The molecule has 2 nitrogen and oxygen atoms in total. The number of thiophene rings is 2. The molecular weight excluding hydrogens is 262 g/mol. The van der Waals surface area contributed by atoms with E-state index in [9.17, 15) is 5.11 Å². The van der Waals surface area contributed by atoms with Gasteiger partial charge in [0.1, 0.15) is 0 Å². The van der Waals surface area contributed by atoms with Gasteiger partial charge in [0.05, 0.1) is 6.61 Å². The van der Waals surface area contributed by atoms with E-state index >= 15 is 0 Å². The smallest absolute Gasteiger partial charge is 0.0610 e. The summed E-state index contributed by atoms with van der Waals surface area (Å²) in [7, 11) is 0. The average molecular weight is 281 g/mol. The van der Waals surface area contributed by atoms with Gasteiger partial charge >= 0.3 is 0 Å². The molecule has 18 heavy (non-hydrogen) atoms. The summed E-state index contributed by atoms with van der Waals surface area (Å²) in [6.45, 7) is 5.14. The predicted octanol–water partition coefficient (Wildman–Crippen LogP) is 3.73. The largest absolute Gasteiger partial charge is 0.394 e. The number of nitrogens with one attached hydrogen (secondary N) is 1. The van der Waals surface area contributed by atoms with Gasteiger partial charge in [-0.15, -0.1) is 22.7 Å². The molecule has 0 spiro atoms. The Bertz CT molecular complexity index is 472. The highest BCUT2D eigenvalue weighted by Crippen LogP contribution is 2.29. The summed E-state index contributed by atoms with van der Waals surface area (Å²) in [6, 6.07) is 6.46. The molecule has 2 heterocycles. The predicted molar refractivity (Wildman–Crippen MR) is 80.3 cm³/mol. The maximum absolute atomic E-state index is 9.36. The zero-order valence-electron chi connectivity index (χ0n) is 10.8. The van der Waals surface area contributed by atoms with Crippen LogP contribution >= 0.6 is 22.7 Å². The first-order valence-electron chi connectivity index (χ1n) is 6.14. The molecule has 0 aliphatic heterocycles. The van der Waals surface area contributed by atoms with E-state index < -0.39 is 0 Å². The van der Waals surface area contributed by atoms with E-state index in [1.165, 1.54) is 15.3 Å². The Hall–Kier alpha value is -0.680. The minimum absolute atomic E-state index is 0.173. The van der Waals surface area contributed by atoms with Crippen molar-refractivity contribution in [2.75, 3.05) is 6.61 Å². The van der Waals surface area contributed by atoms with Crippen molar-refractivity contribution in [1.82, 2.24) is 5.32 Å². The minimum Gasteiger partial charge on any atom is -0.394 e. The lowest BCUT2D eigenvalue weighted by atomic mass is 10.0. The molecule has 1 unspecified atom stereocenters. The summed E-state index contributed by atoms with van der Waals surface area (Å²) >= 11 is 3.54. The van der Waals surface area contributed by atoms with Gasteiger partial charge in [-0.2, -0.15) is 0 Å². The Morgan fingerprint density at radius 3 is 2.83 bits per heavy atom. The molecule has 0 radical (unpaired) electrons. The van der Waals surface area contributed by atoms with Gasteiger partial charge in [-0.1, -0.05) is 13.0 Å². The third-order valence-corrected chi connectivity index (χ3v) is 5.13. The van der Waals surface area contributed by atoms with Crippen molar-refractivity contribution >= 4 is 22.7 Å². The fourth-order valence-electron chi connectivity index (χ4n) is 1.64. The van der Waals surface area contributed by atoms with Crippen LogP contribution < -0.4 is 5.32 Å². The Morgan fingerprint density at radius 1 is 1.39 bits per heavy atom. The van der Waals surface area contributed by atoms with Crippen LogP contribution in [0.3, 0.4) is 0 Å². The van der Waals surface area contributed by atoms with Crippen molar-refractivity contribution in [1.29, 1.82) is 0 Å². The Kier molecular flexibility index (Phi) is 4.56. The molecule has 1 atom stereocenters. The van der Waals surface area contributed by atoms with Gasteiger partial charge in [0.25, 0.3) is 0 Å². The molecule has 2 aromatic heterocycles. The molecule has 2 aromatic rings. The maximum Gasteiger partial charge on any atom is 0.0610 e. The highest BCUT2D eigenvalue weighted by molar-refractivity contribution is 7.14. The summed E-state index contributed by atoms with van der Waals surface area (Å²) in [6.07, 6.45) is 0.923. The van der Waals surface area contributed by atoms with Crippen molar-refractivity contribution in [2.24, 2.45) is 0 Å². The van der Waals surface area contributed by atoms with Crippen LogP contribution in [-0.2, 0) is 6.54 Å². The van der Waals surface area contributed by atoms with E-state index in [0.29, 0.717) is 0 Å². The number of hydrogen-bond acceptors (Lipinski definition) is 4. The van der Waals surface area contributed by atoms with Gasteiger partial charge in [0.2, 0.25) is 0 Å². The van der Waals surface area contributed by atoms with Gasteiger partial charge in [-0.25, -0.2) is 0 Å². The Balaban J connectivity index is 1.99. The summed E-state index contributed by atoms with van der Waals surface area (Å²) in [5.74, 6) is 0. The Morgan fingerprint density at radius 2 is 2.22 bits per heavy atom. The van der Waals surface area contributed by atoms with Gasteiger partial charge in [-0.3, -0.25) is 0 Å². The van der Waals surface area contributed by atoms with Crippen LogP contribution in [0.5, 0.6) is 0 Å². The monoisotopic (exact) mass is 281 g/mol. The SMILES string of the molecule is CCC(C)(CO)NCc1cc(-c2cccs2)cs1. The van der Waals surface area contributed by atoms with Gasteiger partial charge < -0.3 is 10.4 Å². The van der Waals surface area contributed by atoms with Crippen LogP contribution in [0, 0.1) is 0 Å². The van der Waals surface area contributed by atoms with Gasteiger partial charge in [0, 0.05) is 27.4 Å². The molecule has 0 aromatic carbocycles. The molecule has 2 N–H and O–H groups in total. The van der Waals surface area contributed by atoms with E-state index in [-0.39, 0.29) is 12.1 Å². The maximum atomic E-state index is 9.36. The second-order valence-corrected chi connectivity index (χ2v) is 6.65. The second-order valence-electron chi connectivity index (χ2n) is 4.70. The zero-order chi connectivity index (χ0) is 13.0. The van der Waals surface area contributed by atoms with Crippen LogP contribution in [0.15, 0.2) is 29.0 Å². The standard InChI is InChI=1S/C14H19NOS2/c1-3-14(2,10-16)15-8-12-7-11(9-18-12)13-5-4-6-17-13/h4-7,9,15-16H,3,8,10H2,1-2H3. The zero-order valence-corrected chi connectivity index (χ0v) is 12.4. The molecule has 0 saturated carbocycles. The molecule has 0 amide bonds. The summed E-state index contributed by atoms with van der Waals surface area (Å²) in [5.41, 5.74) is 1.13. The lowest BCUT2D eigenvalue weighted by molar-refractivity contribution is 0.169. The quantitative estimate of drug-likeness (QED) is 0.845. The molecule has 0 fully saturated rings. The van der Waals surface area contributed by atoms with E-state index in [2.05, 4.69) is 48.1 Å². The first-order valence-corrected chi connectivity index (χ1v) is 7.90. The van der Waals surface area contributed by atoms with Crippen molar-refractivity contribution in [3.05, 3.63) is 33.8 Å². The molecule has 0 aliphatic rings. The summed E-state index contributed by atoms with van der Waals surface area (Å²) in [4.78, 5) is 2.63. The van der Waals surface area contributed by atoms with Crippen molar-refractivity contribution in [3.8, 4) is 10.4 Å².